The first-order chi connectivity index (χ1) is 9.36. The highest BCUT2D eigenvalue weighted by atomic mass is 32.2. The molecule has 1 aromatic carbocycles. The molecule has 0 aliphatic carbocycles. The summed E-state index contributed by atoms with van der Waals surface area (Å²) in [5, 5.41) is 0. The second kappa shape index (κ2) is 5.41. The highest BCUT2D eigenvalue weighted by molar-refractivity contribution is 7.94. The van der Waals surface area contributed by atoms with E-state index in [9.17, 15) is 8.42 Å². The maximum absolute atomic E-state index is 12.6. The Morgan fingerprint density at radius 1 is 1.25 bits per heavy atom. The number of sulfonamides is 1. The third kappa shape index (κ3) is 2.64. The molecule has 0 aliphatic rings. The van der Waals surface area contributed by atoms with Crippen LogP contribution in [0.4, 0.5) is 5.69 Å². The Hall–Kier alpha value is -1.60. The van der Waals surface area contributed by atoms with Crippen molar-refractivity contribution in [2.45, 2.75) is 18.1 Å². The standard InChI is InChI=1S/C13H16N2O3S2/c1-9-5-6-10(2)11(7-9)15(3)20(16,17)13-8-12(18-4)14-19-13/h5-8H,1-4H3. The van der Waals surface area contributed by atoms with Gasteiger partial charge in [-0.25, -0.2) is 8.42 Å². The molecule has 2 aromatic rings. The van der Waals surface area contributed by atoms with E-state index in [-0.39, 0.29) is 4.21 Å². The summed E-state index contributed by atoms with van der Waals surface area (Å²) in [6.07, 6.45) is 0. The van der Waals surface area contributed by atoms with E-state index in [1.165, 1.54) is 17.5 Å². The second-order valence-corrected chi connectivity index (χ2v) is 7.45. The van der Waals surface area contributed by atoms with E-state index in [0.717, 1.165) is 22.7 Å². The molecule has 1 aromatic heterocycles. The van der Waals surface area contributed by atoms with Crippen LogP contribution in [0, 0.1) is 13.8 Å². The zero-order chi connectivity index (χ0) is 14.9. The van der Waals surface area contributed by atoms with E-state index in [1.807, 2.05) is 32.0 Å². The molecule has 5 nitrogen and oxygen atoms in total. The molecule has 0 N–H and O–H groups in total. The van der Waals surface area contributed by atoms with Gasteiger partial charge in [0.1, 0.15) is 0 Å². The van der Waals surface area contributed by atoms with Crippen LogP contribution in [0.3, 0.4) is 0 Å². The molecule has 0 amide bonds. The van der Waals surface area contributed by atoms with Crippen molar-refractivity contribution in [2.24, 2.45) is 0 Å². The van der Waals surface area contributed by atoms with Crippen molar-refractivity contribution in [1.29, 1.82) is 0 Å². The lowest BCUT2D eigenvalue weighted by atomic mass is 10.1. The van der Waals surface area contributed by atoms with Crippen LogP contribution >= 0.6 is 11.5 Å². The minimum absolute atomic E-state index is 0.165. The number of methoxy groups -OCH3 is 1. The van der Waals surface area contributed by atoms with Gasteiger partial charge in [0.25, 0.3) is 10.0 Å². The third-order valence-electron chi connectivity index (χ3n) is 2.99. The van der Waals surface area contributed by atoms with Crippen LogP contribution in [0.25, 0.3) is 0 Å². The SMILES string of the molecule is COc1cc(S(=O)(=O)N(C)c2cc(C)ccc2C)sn1. The molecular weight excluding hydrogens is 296 g/mol. The molecule has 2 rings (SSSR count). The molecule has 20 heavy (non-hydrogen) atoms. The van der Waals surface area contributed by atoms with Crippen molar-refractivity contribution in [2.75, 3.05) is 18.5 Å². The average Bonchev–Trinajstić information content (AvgIpc) is 2.90. The summed E-state index contributed by atoms with van der Waals surface area (Å²) in [4.78, 5) is 0. The van der Waals surface area contributed by atoms with E-state index >= 15 is 0 Å². The number of ether oxygens (including phenoxy) is 1. The molecular formula is C13H16N2O3S2. The smallest absolute Gasteiger partial charge is 0.275 e. The molecule has 0 saturated heterocycles. The maximum Gasteiger partial charge on any atom is 0.275 e. The summed E-state index contributed by atoms with van der Waals surface area (Å²) in [6.45, 7) is 3.81. The summed E-state index contributed by atoms with van der Waals surface area (Å²) >= 11 is 0.909. The minimum atomic E-state index is -3.61. The lowest BCUT2D eigenvalue weighted by Gasteiger charge is -2.20. The number of aromatic nitrogens is 1. The van der Waals surface area contributed by atoms with Crippen LogP contribution in [0.5, 0.6) is 5.88 Å². The number of anilines is 1. The molecule has 1 heterocycles. The number of rotatable bonds is 4. The molecule has 0 fully saturated rings. The van der Waals surface area contributed by atoms with Crippen LogP contribution in [0.15, 0.2) is 28.5 Å². The molecule has 0 aliphatic heterocycles. The molecule has 0 spiro atoms. The van der Waals surface area contributed by atoms with Crippen molar-refractivity contribution in [3.63, 3.8) is 0 Å². The van der Waals surface area contributed by atoms with Crippen LogP contribution in [-0.4, -0.2) is 26.9 Å². The summed E-state index contributed by atoms with van der Waals surface area (Å²) in [5.41, 5.74) is 2.57. The lowest BCUT2D eigenvalue weighted by Crippen LogP contribution is -2.26. The summed E-state index contributed by atoms with van der Waals surface area (Å²) in [7, 11) is -0.608. The molecule has 0 unspecified atom stereocenters. The van der Waals surface area contributed by atoms with Crippen LogP contribution < -0.4 is 9.04 Å². The van der Waals surface area contributed by atoms with Crippen molar-refractivity contribution in [3.8, 4) is 5.88 Å². The Balaban J connectivity index is 2.45. The van der Waals surface area contributed by atoms with Gasteiger partial charge in [-0.2, -0.15) is 4.37 Å². The summed E-state index contributed by atoms with van der Waals surface area (Å²) in [6, 6.07) is 7.14. The number of hydrogen-bond donors (Lipinski definition) is 0. The van der Waals surface area contributed by atoms with E-state index < -0.39 is 10.0 Å². The Kier molecular flexibility index (Phi) is 4.01. The Morgan fingerprint density at radius 3 is 2.55 bits per heavy atom. The lowest BCUT2D eigenvalue weighted by molar-refractivity contribution is 0.402. The molecule has 0 radical (unpaired) electrons. The highest BCUT2D eigenvalue weighted by Gasteiger charge is 2.25. The van der Waals surface area contributed by atoms with Gasteiger partial charge in [0.15, 0.2) is 4.21 Å². The number of aryl methyl sites for hydroxylation is 2. The fraction of sp³-hybridized carbons (Fsp3) is 0.308. The summed E-state index contributed by atoms with van der Waals surface area (Å²) < 4.78 is 35.4. The Morgan fingerprint density at radius 2 is 1.95 bits per heavy atom. The van der Waals surface area contributed by atoms with E-state index in [2.05, 4.69) is 4.37 Å². The van der Waals surface area contributed by atoms with Gasteiger partial charge < -0.3 is 4.74 Å². The van der Waals surface area contributed by atoms with Crippen molar-refractivity contribution in [1.82, 2.24) is 4.37 Å². The maximum atomic E-state index is 12.6. The molecule has 108 valence electrons. The summed E-state index contributed by atoms with van der Waals surface area (Å²) in [5.74, 6) is 0.308. The topological polar surface area (TPSA) is 59.5 Å². The number of benzene rings is 1. The normalized spacial score (nSPS) is 11.4. The van der Waals surface area contributed by atoms with Gasteiger partial charge in [-0.1, -0.05) is 12.1 Å². The van der Waals surface area contributed by atoms with Crippen LogP contribution in [0.2, 0.25) is 0 Å². The zero-order valence-electron chi connectivity index (χ0n) is 11.7. The van der Waals surface area contributed by atoms with E-state index in [1.54, 1.807) is 7.05 Å². The van der Waals surface area contributed by atoms with E-state index in [4.69, 9.17) is 4.74 Å². The third-order valence-corrected chi connectivity index (χ3v) is 5.96. The zero-order valence-corrected chi connectivity index (χ0v) is 13.4. The average molecular weight is 312 g/mol. The van der Waals surface area contributed by atoms with Gasteiger partial charge in [0.2, 0.25) is 5.88 Å². The van der Waals surface area contributed by atoms with E-state index in [0.29, 0.717) is 11.6 Å². The van der Waals surface area contributed by atoms with Gasteiger partial charge in [0.05, 0.1) is 12.8 Å². The van der Waals surface area contributed by atoms with Gasteiger partial charge in [-0.15, -0.1) is 0 Å². The monoisotopic (exact) mass is 312 g/mol. The highest BCUT2D eigenvalue weighted by Crippen LogP contribution is 2.29. The molecule has 7 heteroatoms. The number of hydrogen-bond acceptors (Lipinski definition) is 5. The molecule has 0 bridgehead atoms. The van der Waals surface area contributed by atoms with Crippen molar-refractivity contribution < 1.29 is 13.2 Å². The second-order valence-electron chi connectivity index (χ2n) is 4.45. The molecule has 0 saturated carbocycles. The fourth-order valence-electron chi connectivity index (χ4n) is 1.78. The minimum Gasteiger partial charge on any atom is -0.480 e. The van der Waals surface area contributed by atoms with Gasteiger partial charge in [0, 0.05) is 13.1 Å². The first-order valence-corrected chi connectivity index (χ1v) is 8.14. The largest absolute Gasteiger partial charge is 0.480 e. The fourth-order valence-corrected chi connectivity index (χ4v) is 4.04. The van der Waals surface area contributed by atoms with Gasteiger partial charge >= 0.3 is 0 Å². The Labute approximate surface area is 123 Å². The quantitative estimate of drug-likeness (QED) is 0.870. The predicted octanol–water partition coefficient (Wildman–Crippen LogP) is 2.59. The predicted molar refractivity (Wildman–Crippen MR) is 80.2 cm³/mol. The van der Waals surface area contributed by atoms with Crippen molar-refractivity contribution >= 4 is 27.2 Å². The van der Waals surface area contributed by atoms with Crippen LogP contribution in [-0.2, 0) is 10.0 Å². The Bertz CT molecular complexity index is 723. The van der Waals surface area contributed by atoms with Gasteiger partial charge in [-0.05, 0) is 42.6 Å². The number of nitrogens with zero attached hydrogens (tertiary/aromatic N) is 2. The molecule has 0 atom stereocenters. The van der Waals surface area contributed by atoms with Crippen molar-refractivity contribution in [3.05, 3.63) is 35.4 Å². The first kappa shape index (κ1) is 14.8. The van der Waals surface area contributed by atoms with Gasteiger partial charge in [-0.3, -0.25) is 4.31 Å². The van der Waals surface area contributed by atoms with Crippen LogP contribution in [0.1, 0.15) is 11.1 Å². The first-order valence-electron chi connectivity index (χ1n) is 5.93.